The zero-order valence-electron chi connectivity index (χ0n) is 5.59. The number of alkyl halides is 2. The van der Waals surface area contributed by atoms with Crippen molar-refractivity contribution in [3.05, 3.63) is 0 Å². The molecule has 60 valence electrons. The largest absolute Gasteiger partial charge is 0.345 e. The molecule has 0 saturated heterocycles. The molecule has 1 aliphatic carbocycles. The molecule has 0 aliphatic heterocycles. The van der Waals surface area contributed by atoms with Crippen molar-refractivity contribution in [2.75, 3.05) is 0 Å². The van der Waals surface area contributed by atoms with Crippen molar-refractivity contribution in [1.82, 2.24) is 0 Å². The fourth-order valence-corrected chi connectivity index (χ4v) is 1.26. The summed E-state index contributed by atoms with van der Waals surface area (Å²) in [5.41, 5.74) is 5.47. The Morgan fingerprint density at radius 1 is 1.40 bits per heavy atom. The van der Waals surface area contributed by atoms with Crippen LogP contribution in [0.2, 0.25) is 0 Å². The molecule has 2 unspecified atom stereocenters. The van der Waals surface area contributed by atoms with E-state index in [9.17, 15) is 8.78 Å². The molecule has 0 aromatic carbocycles. The lowest BCUT2D eigenvalue weighted by Gasteiger charge is -2.14. The van der Waals surface area contributed by atoms with Gasteiger partial charge in [0.1, 0.15) is 0 Å². The van der Waals surface area contributed by atoms with Crippen LogP contribution in [-0.2, 0) is 4.74 Å². The Bertz CT molecular complexity index is 110. The van der Waals surface area contributed by atoms with Gasteiger partial charge in [0.05, 0.1) is 6.10 Å². The van der Waals surface area contributed by atoms with Gasteiger partial charge in [-0.1, -0.05) is 0 Å². The van der Waals surface area contributed by atoms with E-state index in [1.165, 1.54) is 0 Å². The van der Waals surface area contributed by atoms with Crippen molar-refractivity contribution in [2.45, 2.75) is 38.0 Å². The zero-order chi connectivity index (χ0) is 7.56. The Labute approximate surface area is 58.3 Å². The molecule has 1 aliphatic rings. The van der Waals surface area contributed by atoms with Crippen LogP contribution in [0.15, 0.2) is 0 Å². The van der Waals surface area contributed by atoms with Crippen LogP contribution in [0.25, 0.3) is 0 Å². The maximum atomic E-state index is 11.6. The van der Waals surface area contributed by atoms with Gasteiger partial charge in [0.25, 0.3) is 0 Å². The third-order valence-corrected chi connectivity index (χ3v) is 1.78. The predicted octanol–water partition coefficient (Wildman–Crippen LogP) is 1.11. The zero-order valence-corrected chi connectivity index (χ0v) is 5.59. The van der Waals surface area contributed by atoms with Gasteiger partial charge in [0.2, 0.25) is 0 Å². The molecule has 10 heavy (non-hydrogen) atoms. The molecule has 0 heterocycles. The van der Waals surface area contributed by atoms with Gasteiger partial charge in [-0.05, 0) is 19.3 Å². The number of nitrogens with two attached hydrogens (primary N) is 1. The van der Waals surface area contributed by atoms with E-state index in [1.807, 2.05) is 0 Å². The first-order valence-corrected chi connectivity index (χ1v) is 3.39. The second kappa shape index (κ2) is 3.25. The van der Waals surface area contributed by atoms with Gasteiger partial charge in [-0.25, -0.2) is 0 Å². The van der Waals surface area contributed by atoms with Crippen molar-refractivity contribution in [2.24, 2.45) is 5.73 Å². The molecular weight excluding hydrogens is 140 g/mol. The summed E-state index contributed by atoms with van der Waals surface area (Å²) in [6.45, 7) is -2.67. The van der Waals surface area contributed by atoms with E-state index in [2.05, 4.69) is 4.74 Å². The number of halogens is 2. The maximum absolute atomic E-state index is 11.6. The molecule has 4 heteroatoms. The van der Waals surface area contributed by atoms with E-state index in [0.29, 0.717) is 6.42 Å². The summed E-state index contributed by atoms with van der Waals surface area (Å²) >= 11 is 0. The number of hydrogen-bond donors (Lipinski definition) is 1. The summed E-state index contributed by atoms with van der Waals surface area (Å²) in [6, 6.07) is -0.186. The molecule has 0 aromatic rings. The lowest BCUT2D eigenvalue weighted by atomic mass is 10.2. The molecule has 1 rings (SSSR count). The van der Waals surface area contributed by atoms with Gasteiger partial charge < -0.3 is 10.5 Å². The van der Waals surface area contributed by atoms with Crippen molar-refractivity contribution >= 4 is 0 Å². The van der Waals surface area contributed by atoms with Crippen LogP contribution < -0.4 is 5.73 Å². The first kappa shape index (κ1) is 7.88. The van der Waals surface area contributed by atoms with E-state index in [0.717, 1.165) is 12.8 Å². The highest BCUT2D eigenvalue weighted by atomic mass is 19.3. The second-order valence-electron chi connectivity index (χ2n) is 2.53. The molecule has 1 fully saturated rings. The van der Waals surface area contributed by atoms with Crippen LogP contribution in [0.5, 0.6) is 0 Å². The Balaban J connectivity index is 2.26. The molecule has 0 bridgehead atoms. The number of hydrogen-bond acceptors (Lipinski definition) is 2. The Morgan fingerprint density at radius 3 is 2.50 bits per heavy atom. The van der Waals surface area contributed by atoms with Gasteiger partial charge in [0, 0.05) is 6.04 Å². The van der Waals surface area contributed by atoms with Crippen LogP contribution in [0.4, 0.5) is 8.78 Å². The summed E-state index contributed by atoms with van der Waals surface area (Å²) in [4.78, 5) is 0. The SMILES string of the molecule is NC1CCCC1OC(F)F. The van der Waals surface area contributed by atoms with Crippen molar-refractivity contribution < 1.29 is 13.5 Å². The van der Waals surface area contributed by atoms with Gasteiger partial charge in [-0.3, -0.25) is 0 Å². The lowest BCUT2D eigenvalue weighted by Crippen LogP contribution is -2.32. The minimum absolute atomic E-state index is 0.186. The Kier molecular flexibility index (Phi) is 2.56. The Hall–Kier alpha value is -0.220. The molecule has 2 nitrogen and oxygen atoms in total. The highest BCUT2D eigenvalue weighted by molar-refractivity contribution is 4.80. The molecule has 0 radical (unpaired) electrons. The second-order valence-corrected chi connectivity index (χ2v) is 2.53. The van der Waals surface area contributed by atoms with Crippen molar-refractivity contribution in [1.29, 1.82) is 0 Å². The van der Waals surface area contributed by atoms with E-state index in [4.69, 9.17) is 5.73 Å². The molecular formula is C6H11F2NO. The van der Waals surface area contributed by atoms with Crippen molar-refractivity contribution in [3.8, 4) is 0 Å². The minimum atomic E-state index is -2.67. The maximum Gasteiger partial charge on any atom is 0.345 e. The van der Waals surface area contributed by atoms with Gasteiger partial charge in [0.15, 0.2) is 0 Å². The topological polar surface area (TPSA) is 35.2 Å². The minimum Gasteiger partial charge on any atom is -0.325 e. The fourth-order valence-electron chi connectivity index (χ4n) is 1.26. The normalized spacial score (nSPS) is 33.6. The number of ether oxygens (including phenoxy) is 1. The van der Waals surface area contributed by atoms with E-state index >= 15 is 0 Å². The van der Waals surface area contributed by atoms with Crippen LogP contribution in [0.3, 0.4) is 0 Å². The lowest BCUT2D eigenvalue weighted by molar-refractivity contribution is -0.163. The van der Waals surface area contributed by atoms with E-state index in [1.54, 1.807) is 0 Å². The number of rotatable bonds is 2. The van der Waals surface area contributed by atoms with Gasteiger partial charge in [-0.15, -0.1) is 0 Å². The van der Waals surface area contributed by atoms with Crippen LogP contribution >= 0.6 is 0 Å². The molecule has 2 atom stereocenters. The molecule has 2 N–H and O–H groups in total. The fraction of sp³-hybridized carbons (Fsp3) is 1.00. The predicted molar refractivity (Wildman–Crippen MR) is 32.7 cm³/mol. The van der Waals surface area contributed by atoms with Crippen LogP contribution in [0, 0.1) is 0 Å². The highest BCUT2D eigenvalue weighted by Gasteiger charge is 2.26. The summed E-state index contributed by atoms with van der Waals surface area (Å²) in [5.74, 6) is 0. The first-order valence-electron chi connectivity index (χ1n) is 3.39. The van der Waals surface area contributed by atoms with Crippen LogP contribution in [-0.4, -0.2) is 18.8 Å². The quantitative estimate of drug-likeness (QED) is 0.641. The van der Waals surface area contributed by atoms with Gasteiger partial charge >= 0.3 is 6.61 Å². The summed E-state index contributed by atoms with van der Waals surface area (Å²) in [5, 5.41) is 0. The van der Waals surface area contributed by atoms with Gasteiger partial charge in [-0.2, -0.15) is 8.78 Å². The monoisotopic (exact) mass is 151 g/mol. The standard InChI is InChI=1S/C6H11F2NO/c7-6(8)10-5-3-1-2-4(5)9/h4-6H,1-3,9H2. The molecule has 0 spiro atoms. The van der Waals surface area contributed by atoms with Crippen molar-refractivity contribution in [3.63, 3.8) is 0 Å². The third-order valence-electron chi connectivity index (χ3n) is 1.78. The van der Waals surface area contributed by atoms with E-state index in [-0.39, 0.29) is 6.04 Å². The molecule has 0 aromatic heterocycles. The summed E-state index contributed by atoms with van der Waals surface area (Å²) < 4.78 is 27.4. The molecule has 0 amide bonds. The Morgan fingerprint density at radius 2 is 2.10 bits per heavy atom. The average Bonchev–Trinajstić information content (AvgIpc) is 2.15. The smallest absolute Gasteiger partial charge is 0.325 e. The average molecular weight is 151 g/mol. The third kappa shape index (κ3) is 1.88. The summed E-state index contributed by atoms with van der Waals surface area (Å²) in [7, 11) is 0. The molecule has 1 saturated carbocycles. The van der Waals surface area contributed by atoms with E-state index < -0.39 is 12.7 Å². The highest BCUT2D eigenvalue weighted by Crippen LogP contribution is 2.21. The first-order chi connectivity index (χ1) is 4.70. The van der Waals surface area contributed by atoms with Crippen LogP contribution in [0.1, 0.15) is 19.3 Å². The summed E-state index contributed by atoms with van der Waals surface area (Å²) in [6.07, 6.45) is 1.96.